The zero-order valence-electron chi connectivity index (χ0n) is 8.03. The van der Waals surface area contributed by atoms with Crippen molar-refractivity contribution in [3.63, 3.8) is 0 Å². The maximum Gasteiger partial charge on any atom is 0.246 e. The van der Waals surface area contributed by atoms with Gasteiger partial charge in [-0.2, -0.15) is 0 Å². The topological polar surface area (TPSA) is 64.4 Å². The van der Waals surface area contributed by atoms with E-state index >= 15 is 0 Å². The minimum Gasteiger partial charge on any atom is -0.280 e. The van der Waals surface area contributed by atoms with Gasteiger partial charge in [-0.15, -0.1) is 0 Å². The molecule has 5 nitrogen and oxygen atoms in total. The van der Waals surface area contributed by atoms with Gasteiger partial charge in [0.1, 0.15) is 0 Å². The van der Waals surface area contributed by atoms with Crippen LogP contribution in [-0.2, 0) is 4.84 Å². The van der Waals surface area contributed by atoms with E-state index in [1.165, 1.54) is 13.2 Å². The molecule has 0 aromatic heterocycles. The van der Waals surface area contributed by atoms with Gasteiger partial charge < -0.3 is 0 Å². The number of allylic oxidation sites excluding steroid dienone is 3. The summed E-state index contributed by atoms with van der Waals surface area (Å²) in [5.74, 6) is 0. The van der Waals surface area contributed by atoms with Crippen LogP contribution in [0.25, 0.3) is 0 Å². The SMILES string of the molecule is CC/C(=C\C(C)=C/NOC)[N+](=O)[O-]. The van der Waals surface area contributed by atoms with Gasteiger partial charge in [-0.25, -0.2) is 0 Å². The molecule has 0 bridgehead atoms. The van der Waals surface area contributed by atoms with Crippen LogP contribution in [0.5, 0.6) is 0 Å². The lowest BCUT2D eigenvalue weighted by Gasteiger charge is -1.97. The van der Waals surface area contributed by atoms with Crippen LogP contribution in [0, 0.1) is 10.1 Å². The highest BCUT2D eigenvalue weighted by Gasteiger charge is 2.05. The molecule has 13 heavy (non-hydrogen) atoms. The van der Waals surface area contributed by atoms with E-state index in [1.54, 1.807) is 20.0 Å². The van der Waals surface area contributed by atoms with Gasteiger partial charge in [-0.3, -0.25) is 20.4 Å². The second-order valence-corrected chi connectivity index (χ2v) is 2.46. The predicted molar refractivity (Wildman–Crippen MR) is 49.3 cm³/mol. The van der Waals surface area contributed by atoms with Crippen molar-refractivity contribution in [2.75, 3.05) is 7.11 Å². The van der Waals surface area contributed by atoms with Crippen LogP contribution in [-0.4, -0.2) is 12.0 Å². The number of hydrogen-bond donors (Lipinski definition) is 1. The van der Waals surface area contributed by atoms with E-state index in [0.29, 0.717) is 6.42 Å². The monoisotopic (exact) mass is 186 g/mol. The normalized spacial score (nSPS) is 12.8. The summed E-state index contributed by atoms with van der Waals surface area (Å²) in [6.45, 7) is 3.50. The van der Waals surface area contributed by atoms with Crippen molar-refractivity contribution in [2.24, 2.45) is 0 Å². The first kappa shape index (κ1) is 11.6. The highest BCUT2D eigenvalue weighted by molar-refractivity contribution is 5.17. The Kier molecular flexibility index (Phi) is 5.54. The summed E-state index contributed by atoms with van der Waals surface area (Å²) in [5, 5.41) is 10.4. The van der Waals surface area contributed by atoms with Gasteiger partial charge in [-0.1, -0.05) is 6.92 Å². The van der Waals surface area contributed by atoms with Crippen LogP contribution >= 0.6 is 0 Å². The molecule has 0 aromatic rings. The molecule has 0 aromatic carbocycles. The molecule has 0 saturated heterocycles. The van der Waals surface area contributed by atoms with Crippen LogP contribution < -0.4 is 5.48 Å². The summed E-state index contributed by atoms with van der Waals surface area (Å²) >= 11 is 0. The number of hydrogen-bond acceptors (Lipinski definition) is 4. The lowest BCUT2D eigenvalue weighted by atomic mass is 10.2. The van der Waals surface area contributed by atoms with E-state index in [9.17, 15) is 10.1 Å². The van der Waals surface area contributed by atoms with Gasteiger partial charge in [0, 0.05) is 18.7 Å². The van der Waals surface area contributed by atoms with E-state index in [4.69, 9.17) is 0 Å². The molecule has 0 aliphatic rings. The molecule has 0 atom stereocenters. The van der Waals surface area contributed by atoms with Crippen molar-refractivity contribution < 1.29 is 9.76 Å². The summed E-state index contributed by atoms with van der Waals surface area (Å²) < 4.78 is 0. The first-order valence-corrected chi connectivity index (χ1v) is 3.92. The molecular weight excluding hydrogens is 172 g/mol. The van der Waals surface area contributed by atoms with E-state index in [0.717, 1.165) is 5.57 Å². The van der Waals surface area contributed by atoms with Gasteiger partial charge in [0.15, 0.2) is 0 Å². The first-order valence-electron chi connectivity index (χ1n) is 3.92. The van der Waals surface area contributed by atoms with Crippen LogP contribution in [0.15, 0.2) is 23.5 Å². The minimum atomic E-state index is -0.385. The van der Waals surface area contributed by atoms with Crippen LogP contribution in [0.3, 0.4) is 0 Å². The Morgan fingerprint density at radius 1 is 1.69 bits per heavy atom. The molecule has 74 valence electrons. The summed E-state index contributed by atoms with van der Waals surface area (Å²) in [6.07, 6.45) is 3.47. The summed E-state index contributed by atoms with van der Waals surface area (Å²) in [4.78, 5) is 14.6. The van der Waals surface area contributed by atoms with E-state index in [-0.39, 0.29) is 10.6 Å². The number of rotatable bonds is 5. The van der Waals surface area contributed by atoms with Crippen molar-refractivity contribution in [1.29, 1.82) is 0 Å². The van der Waals surface area contributed by atoms with Crippen LogP contribution in [0.1, 0.15) is 20.3 Å². The molecule has 0 amide bonds. The summed E-state index contributed by atoms with van der Waals surface area (Å²) in [5.41, 5.74) is 3.42. The van der Waals surface area contributed by atoms with Crippen molar-refractivity contribution in [2.45, 2.75) is 20.3 Å². The van der Waals surface area contributed by atoms with Gasteiger partial charge in [0.2, 0.25) is 5.70 Å². The fourth-order valence-electron chi connectivity index (χ4n) is 0.740. The quantitative estimate of drug-likeness (QED) is 0.402. The van der Waals surface area contributed by atoms with Crippen molar-refractivity contribution in [3.8, 4) is 0 Å². The standard InChI is InChI=1S/C8H14N2O3/c1-4-8(10(11)12)5-7(2)6-9-13-3/h5-6,9H,4H2,1-3H3/b7-6-,8-5+. The molecule has 0 radical (unpaired) electrons. The Balaban J connectivity index is 4.41. The average Bonchev–Trinajstić information content (AvgIpc) is 2.10. The summed E-state index contributed by atoms with van der Waals surface area (Å²) in [6, 6.07) is 0. The molecule has 0 aliphatic carbocycles. The zero-order valence-corrected chi connectivity index (χ0v) is 8.03. The first-order chi connectivity index (χ1) is 6.11. The smallest absolute Gasteiger partial charge is 0.246 e. The van der Waals surface area contributed by atoms with Gasteiger partial charge in [0.05, 0.1) is 12.0 Å². The predicted octanol–water partition coefficient (Wildman–Crippen LogP) is 1.61. The lowest BCUT2D eigenvalue weighted by Crippen LogP contribution is -2.03. The molecule has 0 spiro atoms. The molecule has 1 N–H and O–H groups in total. The van der Waals surface area contributed by atoms with Crippen LogP contribution in [0.2, 0.25) is 0 Å². The fraction of sp³-hybridized carbons (Fsp3) is 0.500. The largest absolute Gasteiger partial charge is 0.280 e. The van der Waals surface area contributed by atoms with E-state index < -0.39 is 0 Å². The highest BCUT2D eigenvalue weighted by atomic mass is 16.6. The summed E-state index contributed by atoms with van der Waals surface area (Å²) in [7, 11) is 1.47. The molecular formula is C8H14N2O3. The third kappa shape index (κ3) is 4.97. The van der Waals surface area contributed by atoms with Gasteiger partial charge >= 0.3 is 0 Å². The molecule has 0 aliphatic heterocycles. The maximum absolute atomic E-state index is 10.4. The Morgan fingerprint density at radius 2 is 2.31 bits per heavy atom. The maximum atomic E-state index is 10.4. The second kappa shape index (κ2) is 6.19. The molecule has 0 rings (SSSR count). The molecule has 0 heterocycles. The third-order valence-electron chi connectivity index (χ3n) is 1.40. The van der Waals surface area contributed by atoms with Crippen molar-refractivity contribution in [1.82, 2.24) is 5.48 Å². The Hall–Kier alpha value is -1.36. The van der Waals surface area contributed by atoms with Crippen molar-refractivity contribution >= 4 is 0 Å². The Morgan fingerprint density at radius 3 is 2.69 bits per heavy atom. The number of nitro groups is 1. The second-order valence-electron chi connectivity index (χ2n) is 2.46. The van der Waals surface area contributed by atoms with E-state index in [2.05, 4.69) is 10.3 Å². The minimum absolute atomic E-state index is 0.187. The van der Waals surface area contributed by atoms with Crippen molar-refractivity contribution in [3.05, 3.63) is 33.7 Å². The number of hydroxylamine groups is 1. The molecule has 0 unspecified atom stereocenters. The lowest BCUT2D eigenvalue weighted by molar-refractivity contribution is -0.427. The molecule has 5 heteroatoms. The molecule has 0 saturated carbocycles. The fourth-order valence-corrected chi connectivity index (χ4v) is 0.740. The third-order valence-corrected chi connectivity index (χ3v) is 1.40. The van der Waals surface area contributed by atoms with Gasteiger partial charge in [0.25, 0.3) is 0 Å². The zero-order chi connectivity index (χ0) is 10.3. The Bertz CT molecular complexity index is 234. The average molecular weight is 186 g/mol. The number of nitrogens with one attached hydrogen (secondary N) is 1. The van der Waals surface area contributed by atoms with Crippen LogP contribution in [0.4, 0.5) is 0 Å². The molecule has 0 fully saturated rings. The van der Waals surface area contributed by atoms with Gasteiger partial charge in [-0.05, 0) is 12.5 Å². The Labute approximate surface area is 77.2 Å². The number of nitrogens with zero attached hydrogens (tertiary/aromatic N) is 1. The highest BCUT2D eigenvalue weighted by Crippen LogP contribution is 2.05. The van der Waals surface area contributed by atoms with E-state index in [1.807, 2.05) is 0 Å².